The normalized spacial score (nSPS) is 10.3. The molecular formula is C15H15BrN2O. The standard InChI is InChI=1S/C15H15BrN2O/c1-11(19)12-7-8-15(17-9-12)18(2)10-13-5-3-4-6-14(13)16/h3-9H,10H2,1-2H3. The Hall–Kier alpha value is -1.68. The SMILES string of the molecule is CC(=O)c1ccc(N(C)Cc2ccccc2Br)nc1. The first kappa shape index (κ1) is 13.7. The lowest BCUT2D eigenvalue weighted by molar-refractivity contribution is 0.101. The number of carbonyl (C=O) groups excluding carboxylic acids is 1. The molecule has 1 aromatic heterocycles. The molecule has 0 aliphatic heterocycles. The summed E-state index contributed by atoms with van der Waals surface area (Å²) in [7, 11) is 1.98. The van der Waals surface area contributed by atoms with E-state index in [9.17, 15) is 4.79 Å². The monoisotopic (exact) mass is 318 g/mol. The zero-order valence-corrected chi connectivity index (χ0v) is 12.5. The van der Waals surface area contributed by atoms with Crippen LogP contribution in [0.25, 0.3) is 0 Å². The second-order valence-corrected chi connectivity index (χ2v) is 5.26. The maximum atomic E-state index is 11.2. The van der Waals surface area contributed by atoms with E-state index in [4.69, 9.17) is 0 Å². The molecule has 3 nitrogen and oxygen atoms in total. The molecule has 19 heavy (non-hydrogen) atoms. The molecule has 2 rings (SSSR count). The lowest BCUT2D eigenvalue weighted by Crippen LogP contribution is -2.18. The van der Waals surface area contributed by atoms with Gasteiger partial charge in [0.1, 0.15) is 5.82 Å². The van der Waals surface area contributed by atoms with Gasteiger partial charge in [-0.2, -0.15) is 0 Å². The Morgan fingerprint density at radius 1 is 1.26 bits per heavy atom. The summed E-state index contributed by atoms with van der Waals surface area (Å²) in [6.07, 6.45) is 1.62. The van der Waals surface area contributed by atoms with Crippen molar-refractivity contribution in [1.82, 2.24) is 4.98 Å². The van der Waals surface area contributed by atoms with Crippen LogP contribution in [0.3, 0.4) is 0 Å². The van der Waals surface area contributed by atoms with Crippen molar-refractivity contribution in [1.29, 1.82) is 0 Å². The van der Waals surface area contributed by atoms with Crippen LogP contribution in [0.2, 0.25) is 0 Å². The van der Waals surface area contributed by atoms with Crippen molar-refractivity contribution in [3.8, 4) is 0 Å². The summed E-state index contributed by atoms with van der Waals surface area (Å²) >= 11 is 3.54. The molecule has 0 spiro atoms. The minimum atomic E-state index is 0.0347. The number of Topliss-reactive ketones (excluding diaryl/α,β-unsaturated/α-hetero) is 1. The van der Waals surface area contributed by atoms with Gasteiger partial charge in [-0.1, -0.05) is 34.1 Å². The number of hydrogen-bond donors (Lipinski definition) is 0. The van der Waals surface area contributed by atoms with E-state index >= 15 is 0 Å². The number of ketones is 1. The molecule has 0 radical (unpaired) electrons. The number of rotatable bonds is 4. The number of halogens is 1. The van der Waals surface area contributed by atoms with E-state index in [2.05, 4.69) is 27.0 Å². The van der Waals surface area contributed by atoms with Gasteiger partial charge in [0, 0.05) is 29.8 Å². The Morgan fingerprint density at radius 2 is 2.00 bits per heavy atom. The number of aromatic nitrogens is 1. The van der Waals surface area contributed by atoms with Crippen LogP contribution >= 0.6 is 15.9 Å². The molecule has 0 aliphatic carbocycles. The van der Waals surface area contributed by atoms with Gasteiger partial charge >= 0.3 is 0 Å². The maximum Gasteiger partial charge on any atom is 0.161 e. The fourth-order valence-electron chi connectivity index (χ4n) is 1.78. The molecule has 1 heterocycles. The highest BCUT2D eigenvalue weighted by Crippen LogP contribution is 2.20. The average Bonchev–Trinajstić information content (AvgIpc) is 2.41. The molecule has 1 aromatic carbocycles. The Kier molecular flexibility index (Phi) is 4.32. The predicted molar refractivity (Wildman–Crippen MR) is 80.5 cm³/mol. The first-order valence-electron chi connectivity index (χ1n) is 5.99. The van der Waals surface area contributed by atoms with Gasteiger partial charge in [0.15, 0.2) is 5.78 Å². The first-order chi connectivity index (χ1) is 9.08. The van der Waals surface area contributed by atoms with Crippen LogP contribution in [-0.4, -0.2) is 17.8 Å². The van der Waals surface area contributed by atoms with Crippen molar-refractivity contribution in [3.63, 3.8) is 0 Å². The number of anilines is 1. The van der Waals surface area contributed by atoms with E-state index in [0.717, 1.165) is 16.8 Å². The van der Waals surface area contributed by atoms with E-state index in [1.165, 1.54) is 5.56 Å². The maximum absolute atomic E-state index is 11.2. The predicted octanol–water partition coefficient (Wildman–Crippen LogP) is 3.68. The fourth-order valence-corrected chi connectivity index (χ4v) is 2.19. The molecular weight excluding hydrogens is 304 g/mol. The van der Waals surface area contributed by atoms with Gasteiger partial charge in [-0.25, -0.2) is 4.98 Å². The second kappa shape index (κ2) is 5.97. The van der Waals surface area contributed by atoms with E-state index in [0.29, 0.717) is 5.56 Å². The quantitative estimate of drug-likeness (QED) is 0.806. The average molecular weight is 319 g/mol. The molecule has 0 saturated heterocycles. The van der Waals surface area contributed by atoms with Gasteiger partial charge in [-0.05, 0) is 30.7 Å². The molecule has 0 aliphatic rings. The molecule has 0 amide bonds. The fraction of sp³-hybridized carbons (Fsp3) is 0.200. The van der Waals surface area contributed by atoms with Crippen LogP contribution < -0.4 is 4.90 Å². The zero-order valence-electron chi connectivity index (χ0n) is 10.9. The van der Waals surface area contributed by atoms with E-state index in [-0.39, 0.29) is 5.78 Å². The summed E-state index contributed by atoms with van der Waals surface area (Å²) in [5, 5.41) is 0. The molecule has 0 atom stereocenters. The van der Waals surface area contributed by atoms with E-state index in [1.54, 1.807) is 19.2 Å². The minimum absolute atomic E-state index is 0.0347. The summed E-state index contributed by atoms with van der Waals surface area (Å²) in [6.45, 7) is 2.30. The smallest absolute Gasteiger partial charge is 0.161 e. The van der Waals surface area contributed by atoms with Crippen LogP contribution in [-0.2, 0) is 6.54 Å². The lowest BCUT2D eigenvalue weighted by Gasteiger charge is -2.19. The van der Waals surface area contributed by atoms with E-state index < -0.39 is 0 Å². The second-order valence-electron chi connectivity index (χ2n) is 4.41. The van der Waals surface area contributed by atoms with Gasteiger partial charge in [-0.3, -0.25) is 4.79 Å². The summed E-state index contributed by atoms with van der Waals surface area (Å²) in [6, 6.07) is 11.8. The molecule has 0 bridgehead atoms. The third kappa shape index (κ3) is 3.41. The Labute approximate surface area is 121 Å². The number of pyridine rings is 1. The molecule has 4 heteroatoms. The lowest BCUT2D eigenvalue weighted by atomic mass is 10.2. The molecule has 0 N–H and O–H groups in total. The largest absolute Gasteiger partial charge is 0.355 e. The highest BCUT2D eigenvalue weighted by atomic mass is 79.9. The topological polar surface area (TPSA) is 33.2 Å². The number of carbonyl (C=O) groups is 1. The van der Waals surface area contributed by atoms with Crippen molar-refractivity contribution < 1.29 is 4.79 Å². The van der Waals surface area contributed by atoms with Gasteiger partial charge in [0.2, 0.25) is 0 Å². The van der Waals surface area contributed by atoms with Crippen LogP contribution in [0.15, 0.2) is 47.1 Å². The van der Waals surface area contributed by atoms with Crippen LogP contribution in [0, 0.1) is 0 Å². The van der Waals surface area contributed by atoms with Crippen molar-refractivity contribution in [2.75, 3.05) is 11.9 Å². The summed E-state index contributed by atoms with van der Waals surface area (Å²) in [5.41, 5.74) is 1.83. The van der Waals surface area contributed by atoms with Crippen LogP contribution in [0.4, 0.5) is 5.82 Å². The summed E-state index contributed by atoms with van der Waals surface area (Å²) in [4.78, 5) is 17.6. The number of nitrogens with zero attached hydrogens (tertiary/aromatic N) is 2. The summed E-state index contributed by atoms with van der Waals surface area (Å²) < 4.78 is 1.09. The Bertz CT molecular complexity index is 581. The third-order valence-electron chi connectivity index (χ3n) is 2.91. The van der Waals surface area contributed by atoms with Crippen molar-refractivity contribution in [2.45, 2.75) is 13.5 Å². The summed E-state index contributed by atoms with van der Waals surface area (Å²) in [5.74, 6) is 0.883. The Balaban J connectivity index is 2.14. The highest BCUT2D eigenvalue weighted by molar-refractivity contribution is 9.10. The minimum Gasteiger partial charge on any atom is -0.355 e. The number of benzene rings is 1. The molecule has 2 aromatic rings. The number of hydrogen-bond acceptors (Lipinski definition) is 3. The van der Waals surface area contributed by atoms with Crippen molar-refractivity contribution in [2.24, 2.45) is 0 Å². The third-order valence-corrected chi connectivity index (χ3v) is 3.68. The van der Waals surface area contributed by atoms with Crippen molar-refractivity contribution in [3.05, 3.63) is 58.2 Å². The highest BCUT2D eigenvalue weighted by Gasteiger charge is 2.07. The van der Waals surface area contributed by atoms with Crippen molar-refractivity contribution >= 4 is 27.5 Å². The molecule has 0 unspecified atom stereocenters. The van der Waals surface area contributed by atoms with Gasteiger partial charge in [0.05, 0.1) is 0 Å². The van der Waals surface area contributed by atoms with Gasteiger partial charge < -0.3 is 4.90 Å². The molecule has 0 fully saturated rings. The zero-order chi connectivity index (χ0) is 13.8. The van der Waals surface area contributed by atoms with Crippen LogP contribution in [0.1, 0.15) is 22.8 Å². The van der Waals surface area contributed by atoms with E-state index in [1.807, 2.05) is 36.2 Å². The Morgan fingerprint density at radius 3 is 2.58 bits per heavy atom. The molecule has 98 valence electrons. The van der Waals surface area contributed by atoms with Gasteiger partial charge in [0.25, 0.3) is 0 Å². The van der Waals surface area contributed by atoms with Crippen LogP contribution in [0.5, 0.6) is 0 Å². The first-order valence-corrected chi connectivity index (χ1v) is 6.79. The van der Waals surface area contributed by atoms with Gasteiger partial charge in [-0.15, -0.1) is 0 Å². The molecule has 0 saturated carbocycles.